The van der Waals surface area contributed by atoms with E-state index in [-0.39, 0.29) is 18.9 Å². The first-order valence-corrected chi connectivity index (χ1v) is 15.4. The minimum absolute atomic E-state index is 0.0593. The minimum atomic E-state index is -1.41. The highest BCUT2D eigenvalue weighted by Gasteiger charge is 2.53. The molecule has 9 nitrogen and oxygen atoms in total. The van der Waals surface area contributed by atoms with Gasteiger partial charge < -0.3 is 24.1 Å². The number of carbonyl (C=O) groups excluding carboxylic acids is 1. The van der Waals surface area contributed by atoms with Gasteiger partial charge in [0.15, 0.2) is 11.6 Å². The van der Waals surface area contributed by atoms with Gasteiger partial charge in [-0.1, -0.05) is 64.5 Å². The Bertz CT molecular complexity index is 1630. The molecule has 0 radical (unpaired) electrons. The normalized spacial score (nSPS) is 17.2. The number of ether oxygens (including phenoxy) is 4. The van der Waals surface area contributed by atoms with E-state index in [1.807, 2.05) is 97.1 Å². The summed E-state index contributed by atoms with van der Waals surface area (Å²) in [5.41, 5.74) is 7.82. The van der Waals surface area contributed by atoms with Crippen molar-refractivity contribution in [2.75, 3.05) is 27.4 Å². The summed E-state index contributed by atoms with van der Waals surface area (Å²) in [6, 6.07) is 30.2. The first-order chi connectivity index (χ1) is 22.0. The molecule has 0 fully saturated rings. The van der Waals surface area contributed by atoms with Crippen LogP contribution in [0.4, 0.5) is 0 Å². The molecule has 1 aliphatic heterocycles. The molecule has 1 aliphatic rings. The van der Waals surface area contributed by atoms with E-state index < -0.39 is 11.6 Å². The average molecular weight is 675 g/mol. The summed E-state index contributed by atoms with van der Waals surface area (Å²) in [5, 5.41) is 9.07. The Morgan fingerprint density at radius 2 is 1.69 bits per heavy atom. The van der Waals surface area contributed by atoms with Crippen LogP contribution in [-0.4, -0.2) is 49.9 Å². The zero-order valence-corrected chi connectivity index (χ0v) is 26.8. The first kappa shape index (κ1) is 32.0. The number of hydrazine groups is 1. The van der Waals surface area contributed by atoms with Crippen LogP contribution in [0.2, 0.25) is 0 Å². The summed E-state index contributed by atoms with van der Waals surface area (Å²) in [7, 11) is 3.21. The third-order valence-corrected chi connectivity index (χ3v) is 8.29. The number of nitrogens with one attached hydrogen (secondary N) is 2. The molecule has 10 heteroatoms. The first-order valence-electron chi connectivity index (χ1n) is 14.6. The molecule has 234 valence electrons. The van der Waals surface area contributed by atoms with Crippen LogP contribution < -0.4 is 25.1 Å². The van der Waals surface area contributed by atoms with Crippen molar-refractivity contribution in [2.24, 2.45) is 4.99 Å². The number of benzene rings is 4. The summed E-state index contributed by atoms with van der Waals surface area (Å²) in [4.78, 5) is 19.6. The maximum atomic E-state index is 14.5. The van der Waals surface area contributed by atoms with Crippen molar-refractivity contribution in [3.8, 4) is 17.2 Å². The molecular weight excluding hydrogens is 638 g/mol. The molecule has 0 unspecified atom stereocenters. The monoisotopic (exact) mass is 673 g/mol. The summed E-state index contributed by atoms with van der Waals surface area (Å²) in [5.74, 6) is 1.98. The van der Waals surface area contributed by atoms with Crippen LogP contribution in [0.25, 0.3) is 0 Å². The lowest BCUT2D eigenvalue weighted by Crippen LogP contribution is -2.53. The predicted octanol–water partition coefficient (Wildman–Crippen LogP) is 5.55. The van der Waals surface area contributed by atoms with Gasteiger partial charge in [0.25, 0.3) is 5.91 Å². The second kappa shape index (κ2) is 15.1. The Kier molecular flexibility index (Phi) is 10.7. The van der Waals surface area contributed by atoms with Crippen molar-refractivity contribution in [1.29, 1.82) is 0 Å². The van der Waals surface area contributed by atoms with Crippen LogP contribution in [0.5, 0.6) is 17.2 Å². The maximum absolute atomic E-state index is 14.5. The quantitative estimate of drug-likeness (QED) is 0.119. The van der Waals surface area contributed by atoms with Crippen molar-refractivity contribution in [1.82, 2.24) is 10.9 Å². The van der Waals surface area contributed by atoms with Gasteiger partial charge in [0.2, 0.25) is 5.90 Å². The van der Waals surface area contributed by atoms with Gasteiger partial charge in [0.1, 0.15) is 17.2 Å². The topological polar surface area (TPSA) is 111 Å². The van der Waals surface area contributed by atoms with Gasteiger partial charge in [0, 0.05) is 41.6 Å². The molecule has 0 aromatic heterocycles. The lowest BCUT2D eigenvalue weighted by Gasteiger charge is -2.31. The molecule has 1 amide bonds. The van der Waals surface area contributed by atoms with E-state index in [0.717, 1.165) is 21.2 Å². The highest BCUT2D eigenvalue weighted by atomic mass is 79.9. The van der Waals surface area contributed by atoms with Crippen molar-refractivity contribution in [3.63, 3.8) is 0 Å². The smallest absolute Gasteiger partial charge is 0.266 e. The molecule has 0 aliphatic carbocycles. The number of aliphatic hydroxyl groups is 1. The maximum Gasteiger partial charge on any atom is 0.266 e. The number of hydrogen-bond donors (Lipinski definition) is 3. The Morgan fingerprint density at radius 1 is 0.933 bits per heavy atom. The van der Waals surface area contributed by atoms with Gasteiger partial charge in [-0.05, 0) is 59.7 Å². The zero-order valence-electron chi connectivity index (χ0n) is 25.2. The second-order valence-corrected chi connectivity index (χ2v) is 11.3. The second-order valence-electron chi connectivity index (χ2n) is 10.5. The fourth-order valence-corrected chi connectivity index (χ4v) is 5.62. The molecule has 0 saturated heterocycles. The number of aliphatic hydroxyl groups excluding tert-OH is 1. The van der Waals surface area contributed by atoms with Gasteiger partial charge in [-0.3, -0.25) is 10.2 Å². The summed E-state index contributed by atoms with van der Waals surface area (Å²) in [6.07, 6.45) is -0.00902. The highest BCUT2D eigenvalue weighted by Crippen LogP contribution is 2.44. The highest BCUT2D eigenvalue weighted by molar-refractivity contribution is 9.10. The number of methoxy groups -OCH3 is 2. The molecule has 0 saturated carbocycles. The minimum Gasteiger partial charge on any atom is -0.497 e. The van der Waals surface area contributed by atoms with Crippen molar-refractivity contribution < 1.29 is 28.8 Å². The fourth-order valence-electron chi connectivity index (χ4n) is 5.20. The number of nitrogens with zero attached hydrogens (tertiary/aromatic N) is 1. The number of hydrogen-bond acceptors (Lipinski definition) is 8. The van der Waals surface area contributed by atoms with Crippen LogP contribution >= 0.6 is 15.9 Å². The SMILES string of the molecule is COc1cccc([C@@H]2OC(c3ccc(OCCCO)cc3)=N[C@]2(Cc2ccccc2Br)C(=O)NNCc2ccccc2OC)c1. The molecule has 3 N–H and O–H groups in total. The number of halogens is 1. The fraction of sp³-hybridized carbons (Fsp3) is 0.257. The van der Waals surface area contributed by atoms with Gasteiger partial charge in [0.05, 0.1) is 20.8 Å². The summed E-state index contributed by atoms with van der Waals surface area (Å²) < 4.78 is 24.2. The van der Waals surface area contributed by atoms with Crippen LogP contribution in [0.3, 0.4) is 0 Å². The number of carbonyl (C=O) groups is 1. The molecule has 0 bridgehead atoms. The van der Waals surface area contributed by atoms with Gasteiger partial charge in [-0.15, -0.1) is 0 Å². The molecule has 1 heterocycles. The van der Waals surface area contributed by atoms with E-state index in [9.17, 15) is 4.79 Å². The van der Waals surface area contributed by atoms with Crippen molar-refractivity contribution in [2.45, 2.75) is 31.0 Å². The summed E-state index contributed by atoms with van der Waals surface area (Å²) >= 11 is 3.67. The molecule has 2 atom stereocenters. The molecule has 45 heavy (non-hydrogen) atoms. The Balaban J connectivity index is 1.54. The molecule has 4 aromatic carbocycles. The predicted molar refractivity (Wildman–Crippen MR) is 176 cm³/mol. The Labute approximate surface area is 271 Å². The number of amides is 1. The van der Waals surface area contributed by atoms with Gasteiger partial charge in [-0.2, -0.15) is 0 Å². The number of aliphatic imine (C=N–C) groups is 1. The Morgan fingerprint density at radius 3 is 2.42 bits per heavy atom. The van der Waals surface area contributed by atoms with E-state index in [0.29, 0.717) is 48.3 Å². The lowest BCUT2D eigenvalue weighted by molar-refractivity contribution is -0.130. The molecule has 0 spiro atoms. The summed E-state index contributed by atoms with van der Waals surface area (Å²) in [6.45, 7) is 0.798. The van der Waals surface area contributed by atoms with Crippen LogP contribution in [-0.2, 0) is 22.5 Å². The molecule has 5 rings (SSSR count). The van der Waals surface area contributed by atoms with Crippen LogP contribution in [0.15, 0.2) is 107 Å². The van der Waals surface area contributed by atoms with E-state index in [1.165, 1.54) is 0 Å². The third kappa shape index (κ3) is 7.47. The van der Waals surface area contributed by atoms with E-state index in [1.54, 1.807) is 14.2 Å². The van der Waals surface area contributed by atoms with E-state index >= 15 is 0 Å². The van der Waals surface area contributed by atoms with Crippen molar-refractivity contribution >= 4 is 27.7 Å². The largest absolute Gasteiger partial charge is 0.497 e. The standard InChI is InChI=1S/C35H36BrN3O6/c1-42-29-12-7-11-25(21-29)32-35(22-26-9-3-5-13-30(26)36,34(41)39-37-23-27-10-4-6-14-31(27)43-2)38-33(45-32)24-15-17-28(18-16-24)44-20-8-19-40/h3-7,9-18,21,32,37,40H,8,19-20,22-23H2,1-2H3,(H,39,41)/t32-,35-/m0/s1. The molecular formula is C35H36BrN3O6. The lowest BCUT2D eigenvalue weighted by atomic mass is 9.82. The number of rotatable bonds is 14. The average Bonchev–Trinajstić information content (AvgIpc) is 3.47. The van der Waals surface area contributed by atoms with Gasteiger partial charge >= 0.3 is 0 Å². The van der Waals surface area contributed by atoms with Gasteiger partial charge in [-0.25, -0.2) is 10.4 Å². The zero-order chi connectivity index (χ0) is 31.6. The van der Waals surface area contributed by atoms with Crippen molar-refractivity contribution in [3.05, 3.63) is 124 Å². The third-order valence-electron chi connectivity index (χ3n) is 7.52. The van der Waals surface area contributed by atoms with E-state index in [2.05, 4.69) is 26.8 Å². The van der Waals surface area contributed by atoms with Crippen LogP contribution in [0.1, 0.15) is 34.8 Å². The molecule has 4 aromatic rings. The van der Waals surface area contributed by atoms with E-state index in [4.69, 9.17) is 29.0 Å². The Hall–Kier alpha value is -4.38. The number of para-hydroxylation sites is 1. The van der Waals surface area contributed by atoms with Crippen LogP contribution in [0, 0.1) is 0 Å².